The van der Waals surface area contributed by atoms with Gasteiger partial charge >= 0.3 is 0 Å². The van der Waals surface area contributed by atoms with Gasteiger partial charge in [-0.25, -0.2) is 8.78 Å². The van der Waals surface area contributed by atoms with E-state index in [2.05, 4.69) is 0 Å². The van der Waals surface area contributed by atoms with E-state index < -0.39 is 17.7 Å². The predicted molar refractivity (Wildman–Crippen MR) is 75.0 cm³/mol. The van der Waals surface area contributed by atoms with Crippen LogP contribution in [0.3, 0.4) is 0 Å². The quantitative estimate of drug-likeness (QED) is 0.870. The second-order valence-electron chi connectivity index (χ2n) is 4.45. The van der Waals surface area contributed by atoms with E-state index >= 15 is 0 Å². The van der Waals surface area contributed by atoms with Crippen LogP contribution in [0.1, 0.15) is 17.2 Å². The SMILES string of the molecule is COc1ccc(CC(N)c2cc(F)c(Cl)cc2F)cc1. The Labute approximate surface area is 121 Å². The van der Waals surface area contributed by atoms with E-state index in [9.17, 15) is 8.78 Å². The summed E-state index contributed by atoms with van der Waals surface area (Å²) in [7, 11) is 1.58. The minimum absolute atomic E-state index is 0.114. The lowest BCUT2D eigenvalue weighted by molar-refractivity contribution is 0.414. The molecule has 20 heavy (non-hydrogen) atoms. The van der Waals surface area contributed by atoms with Crippen LogP contribution in [0.5, 0.6) is 5.75 Å². The first-order valence-corrected chi connectivity index (χ1v) is 6.42. The average molecular weight is 298 g/mol. The molecule has 1 atom stereocenters. The molecule has 0 spiro atoms. The molecule has 2 N–H and O–H groups in total. The standard InChI is InChI=1S/C15H14ClF2NO/c1-20-10-4-2-9(3-5-10)6-15(19)11-7-14(18)12(16)8-13(11)17/h2-5,7-8,15H,6,19H2,1H3. The fraction of sp³-hybridized carbons (Fsp3) is 0.200. The highest BCUT2D eigenvalue weighted by Crippen LogP contribution is 2.25. The molecule has 0 fully saturated rings. The van der Waals surface area contributed by atoms with Gasteiger partial charge in [-0.05, 0) is 36.2 Å². The molecule has 0 aliphatic carbocycles. The van der Waals surface area contributed by atoms with Crippen LogP contribution in [-0.2, 0) is 6.42 Å². The summed E-state index contributed by atoms with van der Waals surface area (Å²) in [5.41, 5.74) is 6.96. The van der Waals surface area contributed by atoms with Crippen molar-refractivity contribution >= 4 is 11.6 Å². The summed E-state index contributed by atoms with van der Waals surface area (Å²) < 4.78 is 32.2. The largest absolute Gasteiger partial charge is 0.497 e. The Kier molecular flexibility index (Phi) is 4.57. The van der Waals surface area contributed by atoms with Crippen molar-refractivity contribution in [2.45, 2.75) is 12.5 Å². The van der Waals surface area contributed by atoms with Crippen LogP contribution in [0, 0.1) is 11.6 Å². The van der Waals surface area contributed by atoms with Crippen molar-refractivity contribution in [1.82, 2.24) is 0 Å². The van der Waals surface area contributed by atoms with Crippen LogP contribution in [0.15, 0.2) is 36.4 Å². The van der Waals surface area contributed by atoms with Crippen molar-refractivity contribution in [3.8, 4) is 5.75 Å². The smallest absolute Gasteiger partial charge is 0.142 e. The highest BCUT2D eigenvalue weighted by Gasteiger charge is 2.15. The first-order valence-electron chi connectivity index (χ1n) is 6.04. The molecule has 0 bridgehead atoms. The minimum Gasteiger partial charge on any atom is -0.497 e. The molecule has 0 radical (unpaired) electrons. The van der Waals surface area contributed by atoms with Crippen molar-refractivity contribution in [2.24, 2.45) is 5.73 Å². The van der Waals surface area contributed by atoms with Gasteiger partial charge in [0.15, 0.2) is 0 Å². The van der Waals surface area contributed by atoms with Gasteiger partial charge in [0.05, 0.1) is 12.1 Å². The summed E-state index contributed by atoms with van der Waals surface area (Å²) >= 11 is 5.51. The van der Waals surface area contributed by atoms with Gasteiger partial charge in [-0.15, -0.1) is 0 Å². The van der Waals surface area contributed by atoms with Crippen molar-refractivity contribution in [3.05, 3.63) is 64.2 Å². The summed E-state index contributed by atoms with van der Waals surface area (Å²) in [6.45, 7) is 0. The van der Waals surface area contributed by atoms with E-state index in [0.717, 1.165) is 23.4 Å². The van der Waals surface area contributed by atoms with Crippen molar-refractivity contribution < 1.29 is 13.5 Å². The third-order valence-corrected chi connectivity index (χ3v) is 3.34. The molecule has 2 nitrogen and oxygen atoms in total. The van der Waals surface area contributed by atoms with E-state index in [4.69, 9.17) is 22.1 Å². The molecule has 0 saturated heterocycles. The van der Waals surface area contributed by atoms with Crippen LogP contribution in [-0.4, -0.2) is 7.11 Å². The van der Waals surface area contributed by atoms with Crippen LogP contribution >= 0.6 is 11.6 Å². The van der Waals surface area contributed by atoms with Crippen LogP contribution in [0.2, 0.25) is 5.02 Å². The number of benzene rings is 2. The van der Waals surface area contributed by atoms with Gasteiger partial charge in [0.1, 0.15) is 17.4 Å². The second kappa shape index (κ2) is 6.20. The highest BCUT2D eigenvalue weighted by atomic mass is 35.5. The van der Waals surface area contributed by atoms with E-state index in [1.165, 1.54) is 0 Å². The molecule has 2 aromatic rings. The molecule has 0 aliphatic rings. The van der Waals surface area contributed by atoms with Gasteiger partial charge in [-0.1, -0.05) is 23.7 Å². The van der Waals surface area contributed by atoms with Crippen LogP contribution in [0.25, 0.3) is 0 Å². The lowest BCUT2D eigenvalue weighted by Gasteiger charge is -2.14. The highest BCUT2D eigenvalue weighted by molar-refractivity contribution is 6.30. The Hall–Kier alpha value is -1.65. The molecular formula is C15H14ClF2NO. The van der Waals surface area contributed by atoms with E-state index in [1.807, 2.05) is 12.1 Å². The van der Waals surface area contributed by atoms with Crippen LogP contribution < -0.4 is 10.5 Å². The maximum atomic E-state index is 13.8. The van der Waals surface area contributed by atoms with E-state index in [0.29, 0.717) is 6.42 Å². The van der Waals surface area contributed by atoms with Crippen molar-refractivity contribution in [2.75, 3.05) is 7.11 Å². The molecule has 0 aromatic heterocycles. The number of halogens is 3. The van der Waals surface area contributed by atoms with Gasteiger partial charge in [-0.2, -0.15) is 0 Å². The Morgan fingerprint density at radius 1 is 1.15 bits per heavy atom. The van der Waals surface area contributed by atoms with Crippen LogP contribution in [0.4, 0.5) is 8.78 Å². The number of ether oxygens (including phenoxy) is 1. The third-order valence-electron chi connectivity index (χ3n) is 3.05. The molecule has 5 heteroatoms. The van der Waals surface area contributed by atoms with Crippen molar-refractivity contribution in [1.29, 1.82) is 0 Å². The monoisotopic (exact) mass is 297 g/mol. The van der Waals surface area contributed by atoms with Crippen molar-refractivity contribution in [3.63, 3.8) is 0 Å². The maximum absolute atomic E-state index is 13.8. The molecule has 0 heterocycles. The number of hydrogen-bond donors (Lipinski definition) is 1. The summed E-state index contributed by atoms with van der Waals surface area (Å²) in [4.78, 5) is 0. The Balaban J connectivity index is 2.18. The normalized spacial score (nSPS) is 12.2. The summed E-state index contributed by atoms with van der Waals surface area (Å²) in [5, 5.41) is -0.247. The molecule has 0 aliphatic heterocycles. The minimum atomic E-state index is -0.673. The number of hydrogen-bond acceptors (Lipinski definition) is 2. The Bertz CT molecular complexity index is 602. The summed E-state index contributed by atoms with van der Waals surface area (Å²) in [5.74, 6) is -0.545. The molecule has 1 unspecified atom stereocenters. The summed E-state index contributed by atoms with van der Waals surface area (Å²) in [6.07, 6.45) is 0.391. The molecule has 0 saturated carbocycles. The molecule has 2 aromatic carbocycles. The molecule has 0 amide bonds. The Morgan fingerprint density at radius 3 is 2.40 bits per heavy atom. The molecule has 2 rings (SSSR count). The zero-order chi connectivity index (χ0) is 14.7. The fourth-order valence-corrected chi connectivity index (χ4v) is 2.10. The molecular weight excluding hydrogens is 284 g/mol. The number of nitrogens with two attached hydrogens (primary N) is 1. The second-order valence-corrected chi connectivity index (χ2v) is 4.85. The number of rotatable bonds is 4. The predicted octanol–water partition coefficient (Wildman–Crippen LogP) is 3.87. The zero-order valence-corrected chi connectivity index (χ0v) is 11.6. The van der Waals surface area contributed by atoms with Gasteiger partial charge in [-0.3, -0.25) is 0 Å². The van der Waals surface area contributed by atoms with E-state index in [1.54, 1.807) is 19.2 Å². The fourth-order valence-electron chi connectivity index (χ4n) is 1.95. The zero-order valence-electron chi connectivity index (χ0n) is 10.9. The average Bonchev–Trinajstić information content (AvgIpc) is 2.43. The number of methoxy groups -OCH3 is 1. The lowest BCUT2D eigenvalue weighted by Crippen LogP contribution is -2.15. The van der Waals surface area contributed by atoms with E-state index in [-0.39, 0.29) is 10.6 Å². The maximum Gasteiger partial charge on any atom is 0.142 e. The topological polar surface area (TPSA) is 35.2 Å². The van der Waals surface area contributed by atoms with Gasteiger partial charge < -0.3 is 10.5 Å². The Morgan fingerprint density at radius 2 is 1.80 bits per heavy atom. The van der Waals surface area contributed by atoms with Gasteiger partial charge in [0.25, 0.3) is 0 Å². The third kappa shape index (κ3) is 3.26. The van der Waals surface area contributed by atoms with Gasteiger partial charge in [0, 0.05) is 11.6 Å². The molecule has 106 valence electrons. The lowest BCUT2D eigenvalue weighted by atomic mass is 9.99. The first kappa shape index (κ1) is 14.8. The summed E-state index contributed by atoms with van der Waals surface area (Å²) in [6, 6.07) is 8.61. The first-order chi connectivity index (χ1) is 9.51. The van der Waals surface area contributed by atoms with Gasteiger partial charge in [0.2, 0.25) is 0 Å².